The Morgan fingerprint density at radius 1 is 1.28 bits per heavy atom. The van der Waals surface area contributed by atoms with E-state index in [9.17, 15) is 9.90 Å². The molecule has 0 aliphatic heterocycles. The van der Waals surface area contributed by atoms with Crippen LogP contribution in [-0.2, 0) is 0 Å². The zero-order chi connectivity index (χ0) is 18.0. The molecule has 0 radical (unpaired) electrons. The number of aromatic hydroxyl groups is 1. The summed E-state index contributed by atoms with van der Waals surface area (Å²) in [4.78, 5) is 12.8. The minimum Gasteiger partial charge on any atom is -0.504 e. The van der Waals surface area contributed by atoms with Gasteiger partial charge in [-0.15, -0.1) is 11.3 Å². The number of hydrogen-bond donors (Lipinski definition) is 2. The number of hydrogen-bond acceptors (Lipinski definition) is 5. The first kappa shape index (κ1) is 17.3. The van der Waals surface area contributed by atoms with Crippen molar-refractivity contribution >= 4 is 44.6 Å². The van der Waals surface area contributed by atoms with E-state index in [0.29, 0.717) is 21.4 Å². The fourth-order valence-corrected chi connectivity index (χ4v) is 3.72. The fourth-order valence-electron chi connectivity index (χ4n) is 2.31. The molecule has 25 heavy (non-hydrogen) atoms. The van der Waals surface area contributed by atoms with Crippen molar-refractivity contribution in [3.05, 3.63) is 57.9 Å². The summed E-state index contributed by atoms with van der Waals surface area (Å²) in [5, 5.41) is 15.0. The second-order valence-electron chi connectivity index (χ2n) is 5.27. The number of phenols is 1. The van der Waals surface area contributed by atoms with Crippen LogP contribution >= 0.6 is 22.9 Å². The van der Waals surface area contributed by atoms with Gasteiger partial charge in [0.1, 0.15) is 4.88 Å². The van der Waals surface area contributed by atoms with E-state index in [4.69, 9.17) is 16.3 Å². The molecule has 1 aromatic heterocycles. The molecule has 0 aliphatic rings. The van der Waals surface area contributed by atoms with Gasteiger partial charge in [-0.3, -0.25) is 4.79 Å². The lowest BCUT2D eigenvalue weighted by molar-refractivity contribution is 0.0959. The molecule has 0 saturated carbocycles. The van der Waals surface area contributed by atoms with Gasteiger partial charge in [-0.05, 0) is 31.2 Å². The predicted molar refractivity (Wildman–Crippen MR) is 101 cm³/mol. The van der Waals surface area contributed by atoms with Gasteiger partial charge in [0.15, 0.2) is 11.5 Å². The van der Waals surface area contributed by atoms with E-state index in [-0.39, 0.29) is 11.7 Å². The maximum atomic E-state index is 12.4. The molecule has 0 fully saturated rings. The Bertz CT molecular complexity index is 982. The topological polar surface area (TPSA) is 70.9 Å². The molecule has 2 N–H and O–H groups in total. The summed E-state index contributed by atoms with van der Waals surface area (Å²) in [6.07, 6.45) is 0. The van der Waals surface area contributed by atoms with Gasteiger partial charge < -0.3 is 9.84 Å². The molecule has 1 amide bonds. The molecule has 0 atom stereocenters. The summed E-state index contributed by atoms with van der Waals surface area (Å²) in [7, 11) is 1.47. The lowest BCUT2D eigenvalue weighted by atomic mass is 10.1. The highest BCUT2D eigenvalue weighted by atomic mass is 35.5. The Labute approximate surface area is 153 Å². The molecule has 0 saturated heterocycles. The number of methoxy groups -OCH3 is 1. The van der Waals surface area contributed by atoms with Crippen molar-refractivity contribution in [2.24, 2.45) is 5.10 Å². The fraction of sp³-hybridized carbons (Fsp3) is 0.111. The highest BCUT2D eigenvalue weighted by molar-refractivity contribution is 7.21. The summed E-state index contributed by atoms with van der Waals surface area (Å²) in [5.74, 6) is 0.0161. The number of carbonyl (C=O) groups is 1. The summed E-state index contributed by atoms with van der Waals surface area (Å²) in [6, 6.07) is 12.4. The Morgan fingerprint density at radius 2 is 2.04 bits per heavy atom. The van der Waals surface area contributed by atoms with Gasteiger partial charge >= 0.3 is 0 Å². The lowest BCUT2D eigenvalue weighted by Gasteiger charge is -2.06. The molecule has 1 heterocycles. The minimum absolute atomic E-state index is 0.0418. The van der Waals surface area contributed by atoms with Crippen LogP contribution in [0.2, 0.25) is 5.02 Å². The molecule has 0 spiro atoms. The third-order valence-electron chi connectivity index (χ3n) is 3.66. The van der Waals surface area contributed by atoms with E-state index in [1.807, 2.05) is 24.3 Å². The summed E-state index contributed by atoms with van der Waals surface area (Å²) in [5.41, 5.74) is 3.82. The zero-order valence-electron chi connectivity index (χ0n) is 13.5. The van der Waals surface area contributed by atoms with Gasteiger partial charge in [0, 0.05) is 15.6 Å². The van der Waals surface area contributed by atoms with Crippen molar-refractivity contribution in [2.75, 3.05) is 7.11 Å². The minimum atomic E-state index is -0.365. The Hall–Kier alpha value is -2.57. The number of thiophene rings is 1. The van der Waals surface area contributed by atoms with Crippen LogP contribution in [0, 0.1) is 0 Å². The number of fused-ring (bicyclic) bond motifs is 1. The highest BCUT2D eigenvalue weighted by Gasteiger charge is 2.16. The Balaban J connectivity index is 1.82. The van der Waals surface area contributed by atoms with Crippen LogP contribution in [0.25, 0.3) is 10.1 Å². The molecule has 3 aromatic rings. The van der Waals surface area contributed by atoms with Gasteiger partial charge in [-0.1, -0.05) is 29.8 Å². The third kappa shape index (κ3) is 3.45. The molecule has 2 aromatic carbocycles. The Kier molecular flexibility index (Phi) is 4.92. The van der Waals surface area contributed by atoms with Crippen molar-refractivity contribution in [3.8, 4) is 11.5 Å². The van der Waals surface area contributed by atoms with Gasteiger partial charge in [0.25, 0.3) is 5.91 Å². The number of ether oxygens (including phenoxy) is 1. The standard InChI is InChI=1S/C18H15ClN2O3S/c1-10(11-7-8-13(22)14(9-11)24-2)20-21-18(23)17-16(19)12-5-3-4-6-15(12)25-17/h3-9,22H,1-2H3,(H,21,23). The second kappa shape index (κ2) is 7.13. The zero-order valence-corrected chi connectivity index (χ0v) is 15.1. The number of nitrogens with one attached hydrogen (secondary N) is 1. The first-order chi connectivity index (χ1) is 12.0. The third-order valence-corrected chi connectivity index (χ3v) is 5.34. The number of rotatable bonds is 4. The van der Waals surface area contributed by atoms with Gasteiger partial charge in [-0.25, -0.2) is 5.43 Å². The maximum Gasteiger partial charge on any atom is 0.283 e. The first-order valence-electron chi connectivity index (χ1n) is 7.40. The van der Waals surface area contributed by atoms with Gasteiger partial charge in [0.05, 0.1) is 17.8 Å². The average Bonchev–Trinajstić information content (AvgIpc) is 2.97. The van der Waals surface area contributed by atoms with E-state index in [1.165, 1.54) is 24.5 Å². The number of benzene rings is 2. The number of hydrazone groups is 1. The normalized spacial score (nSPS) is 11.6. The van der Waals surface area contributed by atoms with E-state index in [2.05, 4.69) is 10.5 Å². The molecular weight excluding hydrogens is 360 g/mol. The molecule has 0 bridgehead atoms. The van der Waals surface area contributed by atoms with E-state index in [0.717, 1.165) is 15.6 Å². The number of halogens is 1. The molecule has 128 valence electrons. The number of carbonyl (C=O) groups excluding carboxylic acids is 1. The quantitative estimate of drug-likeness (QED) is 0.524. The number of amides is 1. The van der Waals surface area contributed by atoms with Crippen LogP contribution in [0.4, 0.5) is 0 Å². The number of nitrogens with zero attached hydrogens (tertiary/aromatic N) is 1. The van der Waals surface area contributed by atoms with Crippen molar-refractivity contribution < 1.29 is 14.6 Å². The van der Waals surface area contributed by atoms with Crippen molar-refractivity contribution in [1.82, 2.24) is 5.43 Å². The first-order valence-corrected chi connectivity index (χ1v) is 8.59. The van der Waals surface area contributed by atoms with E-state index < -0.39 is 0 Å². The summed E-state index contributed by atoms with van der Waals surface area (Å²) in [6.45, 7) is 1.75. The van der Waals surface area contributed by atoms with Crippen molar-refractivity contribution in [2.45, 2.75) is 6.92 Å². The van der Waals surface area contributed by atoms with Crippen LogP contribution in [0.1, 0.15) is 22.2 Å². The molecule has 5 nitrogen and oxygen atoms in total. The number of phenolic OH excluding ortho intramolecular Hbond substituents is 1. The van der Waals surface area contributed by atoms with Crippen molar-refractivity contribution in [1.29, 1.82) is 0 Å². The molecule has 3 rings (SSSR count). The SMILES string of the molecule is COc1cc(C(C)=NNC(=O)c2sc3ccccc3c2Cl)ccc1O. The van der Waals surface area contributed by atoms with Crippen LogP contribution in [0.15, 0.2) is 47.6 Å². The van der Waals surface area contributed by atoms with Crippen LogP contribution in [-0.4, -0.2) is 23.8 Å². The summed E-state index contributed by atoms with van der Waals surface area (Å²) >= 11 is 7.62. The highest BCUT2D eigenvalue weighted by Crippen LogP contribution is 2.35. The van der Waals surface area contributed by atoms with Crippen LogP contribution in [0.3, 0.4) is 0 Å². The van der Waals surface area contributed by atoms with Gasteiger partial charge in [0.2, 0.25) is 0 Å². The second-order valence-corrected chi connectivity index (χ2v) is 6.70. The van der Waals surface area contributed by atoms with Crippen LogP contribution < -0.4 is 10.2 Å². The lowest BCUT2D eigenvalue weighted by Crippen LogP contribution is -2.18. The predicted octanol–water partition coefficient (Wildman–Crippen LogP) is 4.42. The maximum absolute atomic E-state index is 12.4. The summed E-state index contributed by atoms with van der Waals surface area (Å²) < 4.78 is 6.02. The van der Waals surface area contributed by atoms with Crippen molar-refractivity contribution in [3.63, 3.8) is 0 Å². The monoisotopic (exact) mass is 374 g/mol. The van der Waals surface area contributed by atoms with Gasteiger partial charge in [-0.2, -0.15) is 5.10 Å². The molecule has 7 heteroatoms. The molecule has 0 aliphatic carbocycles. The smallest absolute Gasteiger partial charge is 0.283 e. The molecule has 0 unspecified atom stereocenters. The largest absolute Gasteiger partial charge is 0.504 e. The van der Waals surface area contributed by atoms with E-state index in [1.54, 1.807) is 19.1 Å². The molecular formula is C18H15ClN2O3S. The van der Waals surface area contributed by atoms with Crippen LogP contribution in [0.5, 0.6) is 11.5 Å². The average molecular weight is 375 g/mol. The van der Waals surface area contributed by atoms with E-state index >= 15 is 0 Å². The Morgan fingerprint density at radius 3 is 2.76 bits per heavy atom.